The molecule has 1 atom stereocenters. The Kier molecular flexibility index (Phi) is 5.28. The molecule has 0 radical (unpaired) electrons. The minimum Gasteiger partial charge on any atom is -0.384 e. The fourth-order valence-electron chi connectivity index (χ4n) is 1.91. The van der Waals surface area contributed by atoms with Gasteiger partial charge in [0.1, 0.15) is 11.7 Å². The number of nitrogens with one attached hydrogen (secondary N) is 1. The van der Waals surface area contributed by atoms with Crippen LogP contribution < -0.4 is 5.73 Å². The Morgan fingerprint density at radius 2 is 2.17 bits per heavy atom. The maximum absolute atomic E-state index is 13.8. The largest absolute Gasteiger partial charge is 0.384 e. The van der Waals surface area contributed by atoms with E-state index in [2.05, 4.69) is 18.7 Å². The van der Waals surface area contributed by atoms with Crippen molar-refractivity contribution in [3.8, 4) is 0 Å². The second kappa shape index (κ2) is 6.50. The van der Waals surface area contributed by atoms with Crippen molar-refractivity contribution in [2.75, 3.05) is 7.05 Å². The molecule has 0 aromatic heterocycles. The van der Waals surface area contributed by atoms with Crippen molar-refractivity contribution in [1.82, 2.24) is 4.90 Å². The van der Waals surface area contributed by atoms with Crippen LogP contribution in [-0.4, -0.2) is 23.8 Å². The average molecular weight is 251 g/mol. The quantitative estimate of drug-likeness (QED) is 0.603. The van der Waals surface area contributed by atoms with Crippen LogP contribution in [0.5, 0.6) is 0 Å². The van der Waals surface area contributed by atoms with Gasteiger partial charge in [-0.2, -0.15) is 0 Å². The third kappa shape index (κ3) is 3.81. The van der Waals surface area contributed by atoms with Gasteiger partial charge in [-0.25, -0.2) is 4.39 Å². The second-order valence-corrected chi connectivity index (χ2v) is 4.77. The van der Waals surface area contributed by atoms with Crippen LogP contribution in [0, 0.1) is 11.2 Å². The molecule has 0 aliphatic rings. The molecule has 1 rings (SSSR count). The van der Waals surface area contributed by atoms with Crippen LogP contribution in [0.1, 0.15) is 37.8 Å². The van der Waals surface area contributed by atoms with E-state index in [-0.39, 0.29) is 11.7 Å². The topological polar surface area (TPSA) is 53.1 Å². The van der Waals surface area contributed by atoms with E-state index in [9.17, 15) is 4.39 Å². The van der Waals surface area contributed by atoms with Crippen molar-refractivity contribution in [2.45, 2.75) is 39.3 Å². The zero-order chi connectivity index (χ0) is 13.7. The molecule has 1 aromatic carbocycles. The van der Waals surface area contributed by atoms with E-state index >= 15 is 0 Å². The number of nitrogens with zero attached hydrogens (tertiary/aromatic N) is 1. The molecule has 1 unspecified atom stereocenters. The zero-order valence-electron chi connectivity index (χ0n) is 11.3. The van der Waals surface area contributed by atoms with Crippen LogP contribution in [0.25, 0.3) is 0 Å². The lowest BCUT2D eigenvalue weighted by atomic mass is 10.1. The number of hydrogen-bond acceptors (Lipinski definition) is 2. The van der Waals surface area contributed by atoms with E-state index in [0.717, 1.165) is 12.8 Å². The summed E-state index contributed by atoms with van der Waals surface area (Å²) in [6, 6.07) is 5.16. The summed E-state index contributed by atoms with van der Waals surface area (Å²) < 4.78 is 13.8. The predicted octanol–water partition coefficient (Wildman–Crippen LogP) is 2.73. The molecule has 3 nitrogen and oxygen atoms in total. The zero-order valence-corrected chi connectivity index (χ0v) is 11.3. The lowest BCUT2D eigenvalue weighted by molar-refractivity contribution is 0.234. The predicted molar refractivity (Wildman–Crippen MR) is 73.3 cm³/mol. The van der Waals surface area contributed by atoms with Crippen molar-refractivity contribution >= 4 is 5.84 Å². The highest BCUT2D eigenvalue weighted by Crippen LogP contribution is 2.14. The average Bonchev–Trinajstić information content (AvgIpc) is 2.31. The maximum Gasteiger partial charge on any atom is 0.128 e. The van der Waals surface area contributed by atoms with Crippen molar-refractivity contribution in [3.63, 3.8) is 0 Å². The van der Waals surface area contributed by atoms with E-state index in [4.69, 9.17) is 11.1 Å². The number of rotatable bonds is 6. The molecule has 0 amide bonds. The highest BCUT2D eigenvalue weighted by molar-refractivity contribution is 5.94. The normalized spacial score (nSPS) is 12.7. The van der Waals surface area contributed by atoms with Gasteiger partial charge in [-0.05, 0) is 26.5 Å². The summed E-state index contributed by atoms with van der Waals surface area (Å²) in [5, 5.41) is 7.27. The third-order valence-corrected chi connectivity index (χ3v) is 3.24. The van der Waals surface area contributed by atoms with Gasteiger partial charge in [0.2, 0.25) is 0 Å². The molecule has 0 bridgehead atoms. The van der Waals surface area contributed by atoms with Crippen LogP contribution in [0.4, 0.5) is 4.39 Å². The van der Waals surface area contributed by atoms with E-state index < -0.39 is 0 Å². The molecule has 0 fully saturated rings. The molecule has 0 aliphatic carbocycles. The number of hydrogen-bond donors (Lipinski definition) is 2. The van der Waals surface area contributed by atoms with Gasteiger partial charge in [-0.15, -0.1) is 0 Å². The Bertz CT molecular complexity index is 418. The Morgan fingerprint density at radius 1 is 1.50 bits per heavy atom. The number of benzene rings is 1. The van der Waals surface area contributed by atoms with E-state index in [1.165, 1.54) is 6.07 Å². The van der Waals surface area contributed by atoms with Crippen LogP contribution in [0.3, 0.4) is 0 Å². The molecule has 0 heterocycles. The number of amidine groups is 1. The molecule has 0 saturated carbocycles. The smallest absolute Gasteiger partial charge is 0.128 e. The molecule has 4 heteroatoms. The Balaban J connectivity index is 2.76. The van der Waals surface area contributed by atoms with Crippen molar-refractivity contribution < 1.29 is 4.39 Å². The van der Waals surface area contributed by atoms with Gasteiger partial charge in [0, 0.05) is 23.7 Å². The minimum absolute atomic E-state index is 0.104. The molecule has 0 saturated heterocycles. The second-order valence-electron chi connectivity index (χ2n) is 4.77. The number of nitrogens with two attached hydrogens (primary N) is 1. The van der Waals surface area contributed by atoms with Crippen LogP contribution >= 0.6 is 0 Å². The van der Waals surface area contributed by atoms with Gasteiger partial charge >= 0.3 is 0 Å². The highest BCUT2D eigenvalue weighted by atomic mass is 19.1. The van der Waals surface area contributed by atoms with Crippen LogP contribution in [-0.2, 0) is 6.54 Å². The SMILES string of the molecule is CCCC(C)N(C)Cc1ccc(C(=N)N)cc1F. The molecule has 18 heavy (non-hydrogen) atoms. The highest BCUT2D eigenvalue weighted by Gasteiger charge is 2.12. The van der Waals surface area contributed by atoms with Crippen molar-refractivity contribution in [1.29, 1.82) is 5.41 Å². The minimum atomic E-state index is -0.293. The van der Waals surface area contributed by atoms with Gasteiger partial charge in [-0.1, -0.05) is 25.5 Å². The first kappa shape index (κ1) is 14.6. The molecule has 0 aliphatic heterocycles. The monoisotopic (exact) mass is 251 g/mol. The van der Waals surface area contributed by atoms with Gasteiger partial charge in [0.15, 0.2) is 0 Å². The fraction of sp³-hybridized carbons (Fsp3) is 0.500. The Morgan fingerprint density at radius 3 is 2.67 bits per heavy atom. The summed E-state index contributed by atoms with van der Waals surface area (Å²) in [7, 11) is 2.00. The standard InChI is InChI=1S/C14H22FN3/c1-4-5-10(2)18(3)9-12-7-6-11(14(16)17)8-13(12)15/h6-8,10H,4-5,9H2,1-3H3,(H3,16,17). The first-order valence-electron chi connectivity index (χ1n) is 6.28. The summed E-state index contributed by atoms with van der Waals surface area (Å²) in [6.07, 6.45) is 2.22. The molecular formula is C14H22FN3. The molecular weight excluding hydrogens is 229 g/mol. The van der Waals surface area contributed by atoms with Gasteiger partial charge in [-0.3, -0.25) is 10.3 Å². The maximum atomic E-state index is 13.8. The third-order valence-electron chi connectivity index (χ3n) is 3.24. The van der Waals surface area contributed by atoms with Crippen LogP contribution in [0.2, 0.25) is 0 Å². The summed E-state index contributed by atoms with van der Waals surface area (Å²) in [6.45, 7) is 4.86. The van der Waals surface area contributed by atoms with E-state index in [0.29, 0.717) is 23.7 Å². The summed E-state index contributed by atoms with van der Waals surface area (Å²) >= 11 is 0. The molecule has 1 aromatic rings. The number of nitrogen functional groups attached to an aromatic ring is 1. The number of halogens is 1. The van der Waals surface area contributed by atoms with Crippen molar-refractivity contribution in [3.05, 3.63) is 35.1 Å². The lowest BCUT2D eigenvalue weighted by Crippen LogP contribution is -2.28. The summed E-state index contributed by atoms with van der Waals surface area (Å²) in [5.74, 6) is -0.397. The van der Waals surface area contributed by atoms with Crippen molar-refractivity contribution in [2.24, 2.45) is 5.73 Å². The lowest BCUT2D eigenvalue weighted by Gasteiger charge is -2.24. The summed E-state index contributed by atoms with van der Waals surface area (Å²) in [4.78, 5) is 2.13. The Hall–Kier alpha value is -1.42. The molecule has 0 spiro atoms. The summed E-state index contributed by atoms with van der Waals surface area (Å²) in [5.41, 5.74) is 6.40. The van der Waals surface area contributed by atoms with Gasteiger partial charge in [0.25, 0.3) is 0 Å². The van der Waals surface area contributed by atoms with Crippen LogP contribution in [0.15, 0.2) is 18.2 Å². The van der Waals surface area contributed by atoms with Gasteiger partial charge in [0.05, 0.1) is 0 Å². The molecule has 3 N–H and O–H groups in total. The molecule has 100 valence electrons. The first-order chi connectivity index (χ1) is 8.45. The Labute approximate surface area is 108 Å². The van der Waals surface area contributed by atoms with Gasteiger partial charge < -0.3 is 5.73 Å². The van der Waals surface area contributed by atoms with E-state index in [1.807, 2.05) is 7.05 Å². The first-order valence-corrected chi connectivity index (χ1v) is 6.28. The fourth-order valence-corrected chi connectivity index (χ4v) is 1.91. The van der Waals surface area contributed by atoms with E-state index in [1.54, 1.807) is 12.1 Å².